The first kappa shape index (κ1) is 15.1. The summed E-state index contributed by atoms with van der Waals surface area (Å²) in [5, 5.41) is 9.74. The second-order valence-electron chi connectivity index (χ2n) is 5.25. The largest absolute Gasteiger partial charge is 0.395 e. The van der Waals surface area contributed by atoms with Crippen molar-refractivity contribution in [2.45, 2.75) is 38.5 Å². The molecule has 0 aromatic heterocycles. The van der Waals surface area contributed by atoms with E-state index in [1.54, 1.807) is 6.07 Å². The van der Waals surface area contributed by atoms with E-state index in [4.69, 9.17) is 5.73 Å². The Morgan fingerprint density at radius 2 is 2.17 bits per heavy atom. The number of hydrogen-bond donors (Lipinski definition) is 2. The maximum absolute atomic E-state index is 13.3. The van der Waals surface area contributed by atoms with Gasteiger partial charge in [0.1, 0.15) is 5.82 Å². The minimum atomic E-state index is -0.517. The molecule has 0 saturated carbocycles. The number of benzene rings is 1. The van der Waals surface area contributed by atoms with Gasteiger partial charge in [-0.2, -0.15) is 0 Å². The third-order valence-corrected chi connectivity index (χ3v) is 3.65. The maximum Gasteiger partial charge on any atom is 0.123 e. The quantitative estimate of drug-likeness (QED) is 0.785. The first-order valence-electron chi connectivity index (χ1n) is 6.65. The van der Waals surface area contributed by atoms with E-state index >= 15 is 0 Å². The molecular formula is C15H24FNO. The molecule has 0 amide bonds. The number of rotatable bonds is 7. The van der Waals surface area contributed by atoms with Crippen molar-refractivity contribution in [3.05, 3.63) is 35.6 Å². The molecule has 1 aromatic carbocycles. The van der Waals surface area contributed by atoms with Gasteiger partial charge in [0.05, 0.1) is 6.61 Å². The summed E-state index contributed by atoms with van der Waals surface area (Å²) in [5.74, 6) is 0.191. The summed E-state index contributed by atoms with van der Waals surface area (Å²) in [6, 6.07) is 6.43. The number of aliphatic hydroxyl groups excluding tert-OH is 1. The lowest BCUT2D eigenvalue weighted by molar-refractivity contribution is 0.169. The fourth-order valence-electron chi connectivity index (χ4n) is 2.62. The second kappa shape index (κ2) is 6.86. The summed E-state index contributed by atoms with van der Waals surface area (Å²) in [6.07, 6.45) is 2.99. The number of aliphatic hydroxyl groups is 1. The van der Waals surface area contributed by atoms with Crippen LogP contribution in [-0.2, 0) is 5.41 Å². The normalized spacial score (nSPS) is 16.3. The van der Waals surface area contributed by atoms with E-state index in [0.29, 0.717) is 12.5 Å². The molecule has 0 aliphatic rings. The Labute approximate surface area is 109 Å². The molecule has 2 atom stereocenters. The highest BCUT2D eigenvalue weighted by molar-refractivity contribution is 5.27. The van der Waals surface area contributed by atoms with E-state index in [1.807, 2.05) is 6.07 Å². The molecule has 2 nitrogen and oxygen atoms in total. The van der Waals surface area contributed by atoms with Gasteiger partial charge in [-0.1, -0.05) is 38.8 Å². The van der Waals surface area contributed by atoms with Crippen LogP contribution in [0, 0.1) is 11.7 Å². The van der Waals surface area contributed by atoms with Crippen molar-refractivity contribution in [3.8, 4) is 0 Å². The van der Waals surface area contributed by atoms with Crippen molar-refractivity contribution in [3.63, 3.8) is 0 Å². The van der Waals surface area contributed by atoms with Crippen LogP contribution in [0.2, 0.25) is 0 Å². The lowest BCUT2D eigenvalue weighted by Gasteiger charge is -2.33. The van der Waals surface area contributed by atoms with Gasteiger partial charge in [-0.05, 0) is 30.0 Å². The molecule has 2 unspecified atom stereocenters. The van der Waals surface area contributed by atoms with Crippen molar-refractivity contribution in [2.24, 2.45) is 11.7 Å². The summed E-state index contributed by atoms with van der Waals surface area (Å²) in [7, 11) is 0. The molecule has 0 aliphatic carbocycles. The molecule has 0 bridgehead atoms. The minimum Gasteiger partial charge on any atom is -0.395 e. The zero-order chi connectivity index (χ0) is 13.6. The van der Waals surface area contributed by atoms with E-state index in [-0.39, 0.29) is 12.4 Å². The summed E-state index contributed by atoms with van der Waals surface area (Å²) in [5.41, 5.74) is 6.15. The first-order chi connectivity index (χ1) is 8.57. The van der Waals surface area contributed by atoms with E-state index in [1.165, 1.54) is 12.1 Å². The van der Waals surface area contributed by atoms with Crippen LogP contribution in [0.3, 0.4) is 0 Å². The average molecular weight is 253 g/mol. The highest BCUT2D eigenvalue weighted by atomic mass is 19.1. The van der Waals surface area contributed by atoms with E-state index < -0.39 is 5.41 Å². The van der Waals surface area contributed by atoms with E-state index in [9.17, 15) is 9.50 Å². The van der Waals surface area contributed by atoms with Crippen molar-refractivity contribution in [2.75, 3.05) is 13.2 Å². The minimum absolute atomic E-state index is 0.0407. The van der Waals surface area contributed by atoms with Crippen LogP contribution in [0.15, 0.2) is 24.3 Å². The van der Waals surface area contributed by atoms with Gasteiger partial charge in [-0.3, -0.25) is 0 Å². The topological polar surface area (TPSA) is 46.2 Å². The molecule has 1 aromatic rings. The molecule has 3 heteroatoms. The van der Waals surface area contributed by atoms with E-state index in [2.05, 4.69) is 13.8 Å². The molecule has 102 valence electrons. The van der Waals surface area contributed by atoms with Crippen molar-refractivity contribution in [1.29, 1.82) is 0 Å². The molecule has 0 spiro atoms. The van der Waals surface area contributed by atoms with Crippen molar-refractivity contribution >= 4 is 0 Å². The van der Waals surface area contributed by atoms with E-state index in [0.717, 1.165) is 24.8 Å². The van der Waals surface area contributed by atoms with Gasteiger partial charge in [-0.15, -0.1) is 0 Å². The highest BCUT2D eigenvalue weighted by Gasteiger charge is 2.32. The maximum atomic E-state index is 13.3. The average Bonchev–Trinajstić information content (AvgIpc) is 2.36. The summed E-state index contributed by atoms with van der Waals surface area (Å²) in [6.45, 7) is 4.59. The van der Waals surface area contributed by atoms with Gasteiger partial charge in [0.15, 0.2) is 0 Å². The Kier molecular flexibility index (Phi) is 5.76. The Hall–Kier alpha value is -0.930. The molecular weight excluding hydrogens is 229 g/mol. The fraction of sp³-hybridized carbons (Fsp3) is 0.600. The number of halogens is 1. The van der Waals surface area contributed by atoms with Crippen LogP contribution < -0.4 is 5.73 Å². The molecule has 1 rings (SSSR count). The van der Waals surface area contributed by atoms with Crippen molar-refractivity contribution < 1.29 is 9.50 Å². The first-order valence-corrected chi connectivity index (χ1v) is 6.65. The molecule has 18 heavy (non-hydrogen) atoms. The Morgan fingerprint density at radius 1 is 1.44 bits per heavy atom. The zero-order valence-corrected chi connectivity index (χ0v) is 11.3. The molecule has 0 saturated heterocycles. The molecule has 0 fully saturated rings. The Bertz CT molecular complexity index is 363. The van der Waals surface area contributed by atoms with Crippen LogP contribution in [0.25, 0.3) is 0 Å². The molecule has 3 N–H and O–H groups in total. The lowest BCUT2D eigenvalue weighted by atomic mass is 9.74. The summed E-state index contributed by atoms with van der Waals surface area (Å²) < 4.78 is 13.3. The monoisotopic (exact) mass is 253 g/mol. The van der Waals surface area contributed by atoms with Gasteiger partial charge in [0, 0.05) is 12.0 Å². The molecule has 0 radical (unpaired) electrons. The van der Waals surface area contributed by atoms with Crippen LogP contribution in [0.4, 0.5) is 4.39 Å². The van der Waals surface area contributed by atoms with Crippen LogP contribution in [0.1, 0.15) is 38.7 Å². The standard InChI is InChI=1S/C15H24FNO/c1-3-5-12(2)9-15(10-17,11-18)13-6-4-7-14(16)8-13/h4,6-8,12,18H,3,5,9-11,17H2,1-2H3. The predicted octanol–water partition coefficient (Wildman–Crippen LogP) is 2.84. The van der Waals surface area contributed by atoms with Gasteiger partial charge >= 0.3 is 0 Å². The third-order valence-electron chi connectivity index (χ3n) is 3.65. The van der Waals surface area contributed by atoms with Gasteiger partial charge in [-0.25, -0.2) is 4.39 Å². The smallest absolute Gasteiger partial charge is 0.123 e. The molecule has 0 heterocycles. The zero-order valence-electron chi connectivity index (χ0n) is 11.3. The Balaban J connectivity index is 2.99. The number of nitrogens with two attached hydrogens (primary N) is 1. The molecule has 0 aliphatic heterocycles. The predicted molar refractivity (Wildman–Crippen MR) is 72.9 cm³/mol. The fourth-order valence-corrected chi connectivity index (χ4v) is 2.62. The van der Waals surface area contributed by atoms with Crippen LogP contribution in [-0.4, -0.2) is 18.3 Å². The Morgan fingerprint density at radius 3 is 2.67 bits per heavy atom. The summed E-state index contributed by atoms with van der Waals surface area (Å²) >= 11 is 0. The lowest BCUT2D eigenvalue weighted by Crippen LogP contribution is -2.40. The van der Waals surface area contributed by atoms with Gasteiger partial charge in [0.2, 0.25) is 0 Å². The van der Waals surface area contributed by atoms with Gasteiger partial charge in [0.25, 0.3) is 0 Å². The van der Waals surface area contributed by atoms with Crippen LogP contribution in [0.5, 0.6) is 0 Å². The third kappa shape index (κ3) is 3.53. The van der Waals surface area contributed by atoms with Crippen LogP contribution >= 0.6 is 0 Å². The van der Waals surface area contributed by atoms with Crippen molar-refractivity contribution in [1.82, 2.24) is 0 Å². The van der Waals surface area contributed by atoms with Gasteiger partial charge < -0.3 is 10.8 Å². The SMILES string of the molecule is CCCC(C)CC(CN)(CO)c1cccc(F)c1. The highest BCUT2D eigenvalue weighted by Crippen LogP contribution is 2.32. The second-order valence-corrected chi connectivity index (χ2v) is 5.25. The number of hydrogen-bond acceptors (Lipinski definition) is 2. The summed E-state index contributed by atoms with van der Waals surface area (Å²) in [4.78, 5) is 0.